The van der Waals surface area contributed by atoms with Crippen molar-refractivity contribution in [2.24, 2.45) is 0 Å². The van der Waals surface area contributed by atoms with Gasteiger partial charge in [0.25, 0.3) is 0 Å². The zero-order valence-corrected chi connectivity index (χ0v) is 11.1. The molecule has 5 heteroatoms. The summed E-state index contributed by atoms with van der Waals surface area (Å²) in [6.45, 7) is 2.07. The zero-order valence-electron chi connectivity index (χ0n) is 11.1. The first-order chi connectivity index (χ1) is 9.72. The quantitative estimate of drug-likeness (QED) is 0.663. The Bertz CT molecular complexity index is 659. The van der Waals surface area contributed by atoms with Crippen LogP contribution in [0.1, 0.15) is 11.4 Å². The second kappa shape index (κ2) is 5.21. The minimum absolute atomic E-state index is 0.00155. The Kier molecular flexibility index (Phi) is 3.25. The van der Waals surface area contributed by atoms with E-state index in [9.17, 15) is 4.79 Å². The summed E-state index contributed by atoms with van der Waals surface area (Å²) in [5, 5.41) is 0. The van der Waals surface area contributed by atoms with E-state index in [2.05, 4.69) is 9.55 Å². The molecule has 1 amide bonds. The molecule has 0 saturated heterocycles. The lowest BCUT2D eigenvalue weighted by Gasteiger charge is -2.26. The highest BCUT2D eigenvalue weighted by molar-refractivity contribution is 5.91. The summed E-state index contributed by atoms with van der Waals surface area (Å²) in [7, 11) is 0. The van der Waals surface area contributed by atoms with Crippen LogP contribution in [0.4, 0.5) is 5.69 Å². The van der Waals surface area contributed by atoms with E-state index in [4.69, 9.17) is 5.73 Å². The second-order valence-electron chi connectivity index (χ2n) is 4.80. The topological polar surface area (TPSA) is 64.2 Å². The third-order valence-electron chi connectivity index (χ3n) is 3.39. The maximum absolute atomic E-state index is 12.2. The van der Waals surface area contributed by atoms with Gasteiger partial charge >= 0.3 is 0 Å². The fourth-order valence-corrected chi connectivity index (χ4v) is 2.30. The summed E-state index contributed by atoms with van der Waals surface area (Å²) in [4.78, 5) is 18.2. The molecule has 0 unspecified atom stereocenters. The molecule has 2 aromatic rings. The predicted molar refractivity (Wildman–Crippen MR) is 77.5 cm³/mol. The van der Waals surface area contributed by atoms with E-state index < -0.39 is 0 Å². The Balaban J connectivity index is 1.68. The van der Waals surface area contributed by atoms with Gasteiger partial charge < -0.3 is 15.2 Å². The highest BCUT2D eigenvalue weighted by Crippen LogP contribution is 2.12. The number of nitrogens with zero attached hydrogens (tertiary/aromatic N) is 3. The Labute approximate surface area is 117 Å². The Hall–Kier alpha value is -2.56. The molecular formula is C15H16N4O. The van der Waals surface area contributed by atoms with Crippen molar-refractivity contribution < 1.29 is 4.79 Å². The maximum atomic E-state index is 12.2. The summed E-state index contributed by atoms with van der Waals surface area (Å²) in [6.07, 6.45) is 7.10. The van der Waals surface area contributed by atoms with Gasteiger partial charge in [-0.15, -0.1) is 0 Å². The van der Waals surface area contributed by atoms with Crippen molar-refractivity contribution in [3.8, 4) is 0 Å². The minimum atomic E-state index is 0.00155. The molecule has 1 aromatic heterocycles. The van der Waals surface area contributed by atoms with Crippen molar-refractivity contribution in [3.05, 3.63) is 54.1 Å². The SMILES string of the molecule is Nc1cccc(/C=C/C(=O)N2CCn3ccnc3C2)c1. The van der Waals surface area contributed by atoms with Crippen LogP contribution in [0.5, 0.6) is 0 Å². The summed E-state index contributed by atoms with van der Waals surface area (Å²) >= 11 is 0. The average molecular weight is 268 g/mol. The number of nitrogens with two attached hydrogens (primary N) is 1. The van der Waals surface area contributed by atoms with Gasteiger partial charge in [-0.3, -0.25) is 4.79 Å². The van der Waals surface area contributed by atoms with Crippen molar-refractivity contribution in [2.45, 2.75) is 13.1 Å². The first-order valence-corrected chi connectivity index (χ1v) is 6.55. The number of hydrogen-bond donors (Lipinski definition) is 1. The van der Waals surface area contributed by atoms with Crippen LogP contribution in [-0.4, -0.2) is 26.9 Å². The number of hydrogen-bond acceptors (Lipinski definition) is 3. The Morgan fingerprint density at radius 3 is 3.10 bits per heavy atom. The summed E-state index contributed by atoms with van der Waals surface area (Å²) < 4.78 is 2.07. The van der Waals surface area contributed by atoms with Gasteiger partial charge in [0.1, 0.15) is 5.82 Å². The number of nitrogen functional groups attached to an aromatic ring is 1. The van der Waals surface area contributed by atoms with E-state index in [1.165, 1.54) is 0 Å². The van der Waals surface area contributed by atoms with Gasteiger partial charge in [0.2, 0.25) is 5.91 Å². The number of aromatic nitrogens is 2. The van der Waals surface area contributed by atoms with Crippen LogP contribution in [0.3, 0.4) is 0 Å². The lowest BCUT2D eigenvalue weighted by molar-refractivity contribution is -0.127. The van der Waals surface area contributed by atoms with Crippen LogP contribution < -0.4 is 5.73 Å². The summed E-state index contributed by atoms with van der Waals surface area (Å²) in [5.74, 6) is 0.934. The molecule has 0 aliphatic carbocycles. The normalized spacial score (nSPS) is 14.5. The number of benzene rings is 1. The summed E-state index contributed by atoms with van der Waals surface area (Å²) in [5.41, 5.74) is 7.33. The van der Waals surface area contributed by atoms with E-state index in [-0.39, 0.29) is 5.91 Å². The van der Waals surface area contributed by atoms with E-state index in [0.29, 0.717) is 18.8 Å². The maximum Gasteiger partial charge on any atom is 0.247 e. The fourth-order valence-electron chi connectivity index (χ4n) is 2.30. The van der Waals surface area contributed by atoms with E-state index >= 15 is 0 Å². The van der Waals surface area contributed by atoms with E-state index in [1.807, 2.05) is 30.5 Å². The highest BCUT2D eigenvalue weighted by atomic mass is 16.2. The van der Waals surface area contributed by atoms with Crippen molar-refractivity contribution >= 4 is 17.7 Å². The van der Waals surface area contributed by atoms with Crippen LogP contribution >= 0.6 is 0 Å². The number of carbonyl (C=O) groups is 1. The van der Waals surface area contributed by atoms with Gasteiger partial charge in [-0.1, -0.05) is 12.1 Å². The molecular weight excluding hydrogens is 252 g/mol. The number of amides is 1. The molecule has 1 aliphatic rings. The number of anilines is 1. The van der Waals surface area contributed by atoms with E-state index in [1.54, 1.807) is 23.2 Å². The van der Waals surface area contributed by atoms with Gasteiger partial charge in [0.05, 0.1) is 6.54 Å². The van der Waals surface area contributed by atoms with Crippen molar-refractivity contribution in [3.63, 3.8) is 0 Å². The molecule has 0 atom stereocenters. The lowest BCUT2D eigenvalue weighted by atomic mass is 10.2. The monoisotopic (exact) mass is 268 g/mol. The number of fused-ring (bicyclic) bond motifs is 1. The van der Waals surface area contributed by atoms with Crippen molar-refractivity contribution in [2.75, 3.05) is 12.3 Å². The molecule has 2 heterocycles. The van der Waals surface area contributed by atoms with E-state index in [0.717, 1.165) is 17.9 Å². The average Bonchev–Trinajstić information content (AvgIpc) is 2.92. The smallest absolute Gasteiger partial charge is 0.247 e. The molecule has 0 bridgehead atoms. The first kappa shape index (κ1) is 12.5. The number of imidazole rings is 1. The Morgan fingerprint density at radius 1 is 1.35 bits per heavy atom. The van der Waals surface area contributed by atoms with Gasteiger partial charge in [0, 0.05) is 37.2 Å². The Morgan fingerprint density at radius 2 is 2.25 bits per heavy atom. The third-order valence-corrected chi connectivity index (χ3v) is 3.39. The predicted octanol–water partition coefficient (Wildman–Crippen LogP) is 1.52. The lowest BCUT2D eigenvalue weighted by Crippen LogP contribution is -2.37. The molecule has 1 aliphatic heterocycles. The van der Waals surface area contributed by atoms with Crippen LogP contribution in [0.15, 0.2) is 42.7 Å². The highest BCUT2D eigenvalue weighted by Gasteiger charge is 2.19. The minimum Gasteiger partial charge on any atom is -0.399 e. The fraction of sp³-hybridized carbons (Fsp3) is 0.200. The third kappa shape index (κ3) is 2.56. The molecule has 5 nitrogen and oxygen atoms in total. The molecule has 3 rings (SSSR count). The first-order valence-electron chi connectivity index (χ1n) is 6.55. The van der Waals surface area contributed by atoms with Gasteiger partial charge in [-0.25, -0.2) is 4.98 Å². The van der Waals surface area contributed by atoms with Crippen LogP contribution in [0.2, 0.25) is 0 Å². The summed E-state index contributed by atoms with van der Waals surface area (Å²) in [6, 6.07) is 7.45. The van der Waals surface area contributed by atoms with Crippen molar-refractivity contribution in [1.82, 2.24) is 14.5 Å². The molecule has 102 valence electrons. The largest absolute Gasteiger partial charge is 0.399 e. The molecule has 20 heavy (non-hydrogen) atoms. The molecule has 1 aromatic carbocycles. The molecule has 0 saturated carbocycles. The van der Waals surface area contributed by atoms with Crippen LogP contribution in [0, 0.1) is 0 Å². The van der Waals surface area contributed by atoms with Gasteiger partial charge in [-0.05, 0) is 23.8 Å². The second-order valence-corrected chi connectivity index (χ2v) is 4.80. The van der Waals surface area contributed by atoms with Crippen LogP contribution in [-0.2, 0) is 17.9 Å². The molecule has 0 spiro atoms. The van der Waals surface area contributed by atoms with Gasteiger partial charge in [0.15, 0.2) is 0 Å². The zero-order chi connectivity index (χ0) is 13.9. The molecule has 0 radical (unpaired) electrons. The standard InChI is InChI=1S/C15H16N4O/c16-13-3-1-2-12(10-13)4-5-15(20)19-9-8-18-7-6-17-14(18)11-19/h1-7,10H,8-9,11,16H2/b5-4+. The number of rotatable bonds is 2. The molecule has 0 fully saturated rings. The van der Waals surface area contributed by atoms with Gasteiger partial charge in [-0.2, -0.15) is 0 Å². The number of carbonyl (C=O) groups excluding carboxylic acids is 1. The van der Waals surface area contributed by atoms with Crippen LogP contribution in [0.25, 0.3) is 6.08 Å². The van der Waals surface area contributed by atoms with Crippen molar-refractivity contribution in [1.29, 1.82) is 0 Å². The molecule has 2 N–H and O–H groups in total.